The molecular weight excluding hydrogens is 360 g/mol. The third-order valence-electron chi connectivity index (χ3n) is 4.17. The normalized spacial score (nSPS) is 19.1. The van der Waals surface area contributed by atoms with Crippen molar-refractivity contribution in [3.8, 4) is 0 Å². The minimum Gasteiger partial charge on any atom is -0.298 e. The van der Waals surface area contributed by atoms with E-state index >= 15 is 0 Å². The first-order chi connectivity index (χ1) is 12.7. The molecule has 1 aliphatic rings. The summed E-state index contributed by atoms with van der Waals surface area (Å²) in [5.74, 6) is -1.26. The predicted molar refractivity (Wildman–Crippen MR) is 94.1 cm³/mol. The molecule has 0 amide bonds. The van der Waals surface area contributed by atoms with Crippen molar-refractivity contribution in [3.63, 3.8) is 0 Å². The quantitative estimate of drug-likeness (QED) is 0.581. The number of rotatable bonds is 2. The Hall–Kier alpha value is -2.80. The van der Waals surface area contributed by atoms with Gasteiger partial charge in [0, 0.05) is 42.2 Å². The molecule has 2 aromatic rings. The first-order valence-corrected chi connectivity index (χ1v) is 8.15. The number of hydrogen-bond donors (Lipinski definition) is 0. The van der Waals surface area contributed by atoms with E-state index in [-0.39, 0.29) is 17.9 Å². The number of pyridine rings is 1. The number of benzene rings is 1. The van der Waals surface area contributed by atoms with Crippen LogP contribution in [0.15, 0.2) is 53.9 Å². The van der Waals surface area contributed by atoms with Crippen LogP contribution in [0.25, 0.3) is 12.2 Å². The second-order valence-electron chi connectivity index (χ2n) is 6.36. The fraction of sp³-hybridized carbons (Fsp3) is 0.200. The van der Waals surface area contributed by atoms with E-state index in [1.54, 1.807) is 30.6 Å². The molecule has 0 N–H and O–H groups in total. The highest BCUT2D eigenvalue weighted by Gasteiger charge is 2.31. The maximum Gasteiger partial charge on any atom is 0.416 e. The van der Waals surface area contributed by atoms with Crippen molar-refractivity contribution in [3.05, 3.63) is 76.4 Å². The van der Waals surface area contributed by atoms with Crippen LogP contribution in [0.5, 0.6) is 0 Å². The molecule has 0 bridgehead atoms. The molecule has 1 saturated heterocycles. The molecule has 0 aliphatic carbocycles. The Balaban J connectivity index is 1.94. The van der Waals surface area contributed by atoms with E-state index in [0.29, 0.717) is 23.8 Å². The van der Waals surface area contributed by atoms with Crippen LogP contribution in [0.1, 0.15) is 16.7 Å². The number of aromatic nitrogens is 1. The van der Waals surface area contributed by atoms with Crippen LogP contribution in [-0.4, -0.2) is 35.8 Å². The predicted octanol–water partition coefficient (Wildman–Crippen LogP) is 4.22. The van der Waals surface area contributed by atoms with Crippen molar-refractivity contribution in [1.29, 1.82) is 0 Å². The van der Waals surface area contributed by atoms with E-state index < -0.39 is 17.6 Å². The summed E-state index contributed by atoms with van der Waals surface area (Å²) in [6.45, 7) is 0.709. The Labute approximate surface area is 153 Å². The third kappa shape index (κ3) is 4.49. The molecule has 1 fully saturated rings. The maximum atomic E-state index is 14.1. The van der Waals surface area contributed by atoms with Crippen molar-refractivity contribution < 1.29 is 22.4 Å². The monoisotopic (exact) mass is 376 g/mol. The SMILES string of the molecule is CN1CC(=Cc2ccncc2)C(=O)/C(=C/c2ccc(C(F)(F)F)cc2F)C1. The van der Waals surface area contributed by atoms with Gasteiger partial charge < -0.3 is 0 Å². The van der Waals surface area contributed by atoms with Gasteiger partial charge in [0.15, 0.2) is 5.78 Å². The van der Waals surface area contributed by atoms with Crippen LogP contribution in [0.3, 0.4) is 0 Å². The summed E-state index contributed by atoms with van der Waals surface area (Å²) in [6, 6.07) is 5.80. The highest BCUT2D eigenvalue weighted by molar-refractivity contribution is 6.14. The van der Waals surface area contributed by atoms with Crippen LogP contribution in [0.2, 0.25) is 0 Å². The second kappa shape index (κ2) is 7.44. The average Bonchev–Trinajstić information content (AvgIpc) is 2.60. The fourth-order valence-electron chi connectivity index (χ4n) is 2.88. The summed E-state index contributed by atoms with van der Waals surface area (Å²) in [7, 11) is 1.81. The number of carbonyl (C=O) groups is 1. The number of nitrogens with zero attached hydrogens (tertiary/aromatic N) is 2. The highest BCUT2D eigenvalue weighted by atomic mass is 19.4. The number of likely N-dealkylation sites (tertiary alicyclic amines) is 1. The fourth-order valence-corrected chi connectivity index (χ4v) is 2.88. The highest BCUT2D eigenvalue weighted by Crippen LogP contribution is 2.31. The Morgan fingerprint density at radius 1 is 1.04 bits per heavy atom. The van der Waals surface area contributed by atoms with Gasteiger partial charge >= 0.3 is 6.18 Å². The zero-order chi connectivity index (χ0) is 19.6. The van der Waals surface area contributed by atoms with Crippen LogP contribution < -0.4 is 0 Å². The van der Waals surface area contributed by atoms with E-state index in [1.807, 2.05) is 11.9 Å². The molecule has 3 rings (SSSR count). The Morgan fingerprint density at radius 3 is 2.26 bits per heavy atom. The van der Waals surface area contributed by atoms with Crippen molar-refractivity contribution >= 4 is 17.9 Å². The molecular formula is C20H16F4N2O. The van der Waals surface area contributed by atoms with Crippen LogP contribution in [-0.2, 0) is 11.0 Å². The van der Waals surface area contributed by atoms with Crippen molar-refractivity contribution in [1.82, 2.24) is 9.88 Å². The molecule has 1 aromatic heterocycles. The van der Waals surface area contributed by atoms with Gasteiger partial charge in [-0.05, 0) is 49.0 Å². The Bertz CT molecular complexity index is 917. The number of ketones is 1. The topological polar surface area (TPSA) is 33.2 Å². The first-order valence-electron chi connectivity index (χ1n) is 8.15. The summed E-state index contributed by atoms with van der Waals surface area (Å²) < 4.78 is 52.1. The summed E-state index contributed by atoms with van der Waals surface area (Å²) in [5, 5.41) is 0. The molecule has 0 atom stereocenters. The molecule has 3 nitrogen and oxygen atoms in total. The smallest absolute Gasteiger partial charge is 0.298 e. The molecule has 2 heterocycles. The number of Topliss-reactive ketones (excluding diaryl/α,β-unsaturated/α-hetero) is 1. The van der Waals surface area contributed by atoms with Gasteiger partial charge in [-0.3, -0.25) is 14.7 Å². The van der Waals surface area contributed by atoms with Gasteiger partial charge in [0.1, 0.15) is 5.82 Å². The number of carbonyl (C=O) groups excluding carboxylic acids is 1. The van der Waals surface area contributed by atoms with Gasteiger partial charge in [-0.2, -0.15) is 13.2 Å². The molecule has 1 aliphatic heterocycles. The molecule has 0 unspecified atom stereocenters. The molecule has 27 heavy (non-hydrogen) atoms. The number of hydrogen-bond acceptors (Lipinski definition) is 3. The van der Waals surface area contributed by atoms with Crippen molar-refractivity contribution in [2.75, 3.05) is 20.1 Å². The van der Waals surface area contributed by atoms with E-state index in [1.165, 1.54) is 6.08 Å². The van der Waals surface area contributed by atoms with E-state index in [0.717, 1.165) is 17.7 Å². The molecule has 7 heteroatoms. The van der Waals surface area contributed by atoms with Crippen molar-refractivity contribution in [2.24, 2.45) is 0 Å². The van der Waals surface area contributed by atoms with Gasteiger partial charge in [-0.15, -0.1) is 0 Å². The van der Waals surface area contributed by atoms with Crippen LogP contribution in [0, 0.1) is 5.82 Å². The largest absolute Gasteiger partial charge is 0.416 e. The minimum absolute atomic E-state index is 0.0510. The lowest BCUT2D eigenvalue weighted by Gasteiger charge is -2.26. The van der Waals surface area contributed by atoms with E-state index in [4.69, 9.17) is 0 Å². The maximum absolute atomic E-state index is 14.1. The second-order valence-corrected chi connectivity index (χ2v) is 6.36. The number of piperidine rings is 1. The van der Waals surface area contributed by atoms with Crippen molar-refractivity contribution in [2.45, 2.75) is 6.18 Å². The first kappa shape index (κ1) is 19.0. The molecule has 1 aromatic carbocycles. The van der Waals surface area contributed by atoms with Gasteiger partial charge in [-0.1, -0.05) is 6.07 Å². The number of likely N-dealkylation sites (N-methyl/N-ethyl adjacent to an activating group) is 1. The van der Waals surface area contributed by atoms with Gasteiger partial charge in [-0.25, -0.2) is 4.39 Å². The average molecular weight is 376 g/mol. The van der Waals surface area contributed by atoms with Gasteiger partial charge in [0.2, 0.25) is 0 Å². The van der Waals surface area contributed by atoms with Crippen LogP contribution in [0.4, 0.5) is 17.6 Å². The lowest BCUT2D eigenvalue weighted by Crippen LogP contribution is -2.34. The third-order valence-corrected chi connectivity index (χ3v) is 4.17. The van der Waals surface area contributed by atoms with Gasteiger partial charge in [0.25, 0.3) is 0 Å². The summed E-state index contributed by atoms with van der Waals surface area (Å²) in [6.07, 6.45) is 1.65. The van der Waals surface area contributed by atoms with Crippen LogP contribution >= 0.6 is 0 Å². The molecule has 0 saturated carbocycles. The zero-order valence-corrected chi connectivity index (χ0v) is 14.4. The molecule has 0 radical (unpaired) electrons. The standard InChI is InChI=1S/C20H16F4N2O/c1-26-11-15(8-13-4-6-25-7-5-13)19(27)16(12-26)9-14-2-3-17(10-18(14)21)20(22,23)24/h2-10H,11-12H2,1H3/b15-8?,16-9+. The lowest BCUT2D eigenvalue weighted by atomic mass is 9.94. The molecule has 0 spiro atoms. The summed E-state index contributed by atoms with van der Waals surface area (Å²) >= 11 is 0. The molecule has 140 valence electrons. The number of halogens is 4. The Morgan fingerprint density at radius 2 is 1.67 bits per heavy atom. The van der Waals surface area contributed by atoms with E-state index in [2.05, 4.69) is 4.98 Å². The van der Waals surface area contributed by atoms with E-state index in [9.17, 15) is 22.4 Å². The summed E-state index contributed by atoms with van der Waals surface area (Å²) in [4.78, 5) is 18.5. The minimum atomic E-state index is -4.62. The van der Waals surface area contributed by atoms with Gasteiger partial charge in [0.05, 0.1) is 5.56 Å². The zero-order valence-electron chi connectivity index (χ0n) is 14.4. The summed E-state index contributed by atoms with van der Waals surface area (Å²) in [5.41, 5.74) is 0.539. The Kier molecular flexibility index (Phi) is 5.23. The lowest BCUT2D eigenvalue weighted by molar-refractivity contribution is -0.137. The number of alkyl halides is 3.